The molecule has 0 bridgehead atoms. The molecule has 0 radical (unpaired) electrons. The van der Waals surface area contributed by atoms with E-state index in [1.807, 2.05) is 0 Å². The van der Waals surface area contributed by atoms with Crippen LogP contribution in [0.2, 0.25) is 0 Å². The first-order chi connectivity index (χ1) is 5.74. The molecule has 0 aromatic heterocycles. The summed E-state index contributed by atoms with van der Waals surface area (Å²) in [4.78, 5) is 0. The number of nitrogens with one attached hydrogen (secondary N) is 1. The molecule has 0 aromatic carbocycles. The van der Waals surface area contributed by atoms with Gasteiger partial charge in [-0.2, -0.15) is 0 Å². The molecule has 1 aliphatic rings. The molecular formula is C8H16N2OS. The number of aliphatic hydroxyl groups is 1. The Bertz CT molecular complexity index is 163. The number of hydrogen-bond donors (Lipinski definition) is 3. The van der Waals surface area contributed by atoms with Crippen LogP contribution in [0.15, 0.2) is 0 Å². The summed E-state index contributed by atoms with van der Waals surface area (Å²) in [7, 11) is 0. The Hall–Kier alpha value is -0.350. The second-order valence-corrected chi connectivity index (χ2v) is 3.78. The molecule has 4 heteroatoms. The summed E-state index contributed by atoms with van der Waals surface area (Å²) in [5, 5.41) is 12.4. The minimum atomic E-state index is 0.236. The molecule has 70 valence electrons. The maximum absolute atomic E-state index is 9.05. The van der Waals surface area contributed by atoms with E-state index in [4.69, 9.17) is 23.1 Å². The minimum Gasteiger partial charge on any atom is -0.396 e. The number of aliphatic hydroxyl groups excluding tert-OH is 1. The summed E-state index contributed by atoms with van der Waals surface area (Å²) in [5.74, 6) is 0.334. The van der Waals surface area contributed by atoms with Crippen LogP contribution in [0.5, 0.6) is 0 Å². The average Bonchev–Trinajstić information content (AvgIpc) is 2.04. The van der Waals surface area contributed by atoms with Gasteiger partial charge in [-0.3, -0.25) is 0 Å². The zero-order valence-electron chi connectivity index (χ0n) is 7.12. The van der Waals surface area contributed by atoms with Crippen LogP contribution in [-0.2, 0) is 0 Å². The van der Waals surface area contributed by atoms with Crippen LogP contribution in [0.1, 0.15) is 25.7 Å². The van der Waals surface area contributed by atoms with Gasteiger partial charge in [0, 0.05) is 18.6 Å². The molecule has 1 rings (SSSR count). The molecule has 2 atom stereocenters. The van der Waals surface area contributed by atoms with Gasteiger partial charge in [0.05, 0.1) is 0 Å². The Morgan fingerprint density at radius 1 is 1.50 bits per heavy atom. The lowest BCUT2D eigenvalue weighted by Crippen LogP contribution is -2.45. The number of rotatable bonds is 2. The fraction of sp³-hybridized carbons (Fsp3) is 0.875. The summed E-state index contributed by atoms with van der Waals surface area (Å²) < 4.78 is 0. The van der Waals surface area contributed by atoms with Crippen LogP contribution in [0, 0.1) is 5.92 Å². The molecule has 1 saturated carbocycles. The predicted molar refractivity (Wildman–Crippen MR) is 52.8 cm³/mol. The van der Waals surface area contributed by atoms with Crippen LogP contribution >= 0.6 is 12.2 Å². The molecule has 0 heterocycles. The third-order valence-electron chi connectivity index (χ3n) is 2.47. The number of thiocarbonyl (C=S) groups is 1. The Morgan fingerprint density at radius 2 is 2.17 bits per heavy atom. The first-order valence-electron chi connectivity index (χ1n) is 4.41. The molecule has 1 aliphatic carbocycles. The van der Waals surface area contributed by atoms with Crippen molar-refractivity contribution in [3.63, 3.8) is 0 Å². The van der Waals surface area contributed by atoms with Gasteiger partial charge in [-0.25, -0.2) is 0 Å². The van der Waals surface area contributed by atoms with Crippen molar-refractivity contribution in [1.29, 1.82) is 0 Å². The summed E-state index contributed by atoms with van der Waals surface area (Å²) >= 11 is 4.76. The van der Waals surface area contributed by atoms with Gasteiger partial charge in [-0.05, 0) is 25.1 Å². The van der Waals surface area contributed by atoms with E-state index in [-0.39, 0.29) is 6.61 Å². The third kappa shape index (κ3) is 2.60. The lowest BCUT2D eigenvalue weighted by atomic mass is 9.85. The van der Waals surface area contributed by atoms with Crippen molar-refractivity contribution < 1.29 is 5.11 Å². The average molecular weight is 188 g/mol. The molecule has 0 saturated heterocycles. The lowest BCUT2D eigenvalue weighted by Gasteiger charge is -2.30. The molecule has 0 spiro atoms. The topological polar surface area (TPSA) is 58.3 Å². The Kier molecular flexibility index (Phi) is 3.75. The molecule has 12 heavy (non-hydrogen) atoms. The third-order valence-corrected chi connectivity index (χ3v) is 2.59. The van der Waals surface area contributed by atoms with Gasteiger partial charge >= 0.3 is 0 Å². The summed E-state index contributed by atoms with van der Waals surface area (Å²) in [6, 6.07) is 0.293. The van der Waals surface area contributed by atoms with E-state index in [0.717, 1.165) is 12.8 Å². The van der Waals surface area contributed by atoms with Gasteiger partial charge in [0.2, 0.25) is 0 Å². The Labute approximate surface area is 78.3 Å². The zero-order valence-corrected chi connectivity index (χ0v) is 7.94. The molecule has 0 amide bonds. The van der Waals surface area contributed by atoms with Gasteiger partial charge in [-0.15, -0.1) is 0 Å². The van der Waals surface area contributed by atoms with Gasteiger partial charge in [0.15, 0.2) is 5.11 Å². The fourth-order valence-electron chi connectivity index (χ4n) is 1.80. The van der Waals surface area contributed by atoms with Gasteiger partial charge < -0.3 is 16.2 Å². The van der Waals surface area contributed by atoms with Crippen molar-refractivity contribution in [1.82, 2.24) is 5.32 Å². The van der Waals surface area contributed by atoms with Crippen molar-refractivity contribution in [2.24, 2.45) is 11.7 Å². The number of nitrogens with two attached hydrogens (primary N) is 1. The van der Waals surface area contributed by atoms with Crippen molar-refractivity contribution in [2.75, 3.05) is 6.61 Å². The van der Waals surface area contributed by atoms with Crippen LogP contribution in [-0.4, -0.2) is 22.9 Å². The van der Waals surface area contributed by atoms with E-state index in [9.17, 15) is 0 Å². The smallest absolute Gasteiger partial charge is 0.163 e. The highest BCUT2D eigenvalue weighted by Crippen LogP contribution is 2.23. The van der Waals surface area contributed by atoms with E-state index >= 15 is 0 Å². The Balaban J connectivity index is 2.41. The summed E-state index contributed by atoms with van der Waals surface area (Å²) in [5.41, 5.74) is 5.38. The van der Waals surface area contributed by atoms with E-state index in [1.54, 1.807) is 0 Å². The maximum atomic E-state index is 9.05. The molecular weight excluding hydrogens is 172 g/mol. The second kappa shape index (κ2) is 4.62. The molecule has 0 aromatic rings. The normalized spacial score (nSPS) is 29.8. The van der Waals surface area contributed by atoms with Crippen molar-refractivity contribution in [3.8, 4) is 0 Å². The molecule has 1 fully saturated rings. The lowest BCUT2D eigenvalue weighted by molar-refractivity contribution is 0.163. The van der Waals surface area contributed by atoms with E-state index in [1.165, 1.54) is 12.8 Å². The van der Waals surface area contributed by atoms with Crippen molar-refractivity contribution in [2.45, 2.75) is 31.7 Å². The maximum Gasteiger partial charge on any atom is 0.163 e. The minimum absolute atomic E-state index is 0.236. The van der Waals surface area contributed by atoms with Gasteiger partial charge in [0.1, 0.15) is 0 Å². The monoisotopic (exact) mass is 188 g/mol. The highest BCUT2D eigenvalue weighted by atomic mass is 32.1. The van der Waals surface area contributed by atoms with Gasteiger partial charge in [0.25, 0.3) is 0 Å². The Morgan fingerprint density at radius 3 is 2.75 bits per heavy atom. The predicted octanol–water partition coefficient (Wildman–Crippen LogP) is 0.371. The summed E-state index contributed by atoms with van der Waals surface area (Å²) in [6.07, 6.45) is 4.57. The first-order valence-corrected chi connectivity index (χ1v) is 4.81. The van der Waals surface area contributed by atoms with Crippen LogP contribution in [0.3, 0.4) is 0 Å². The van der Waals surface area contributed by atoms with Gasteiger partial charge in [-0.1, -0.05) is 12.8 Å². The zero-order chi connectivity index (χ0) is 8.97. The van der Waals surface area contributed by atoms with Crippen LogP contribution < -0.4 is 11.1 Å². The largest absolute Gasteiger partial charge is 0.396 e. The summed E-state index contributed by atoms with van der Waals surface area (Å²) in [6.45, 7) is 0.236. The highest BCUT2D eigenvalue weighted by Gasteiger charge is 2.24. The first kappa shape index (κ1) is 9.74. The molecule has 3 nitrogen and oxygen atoms in total. The fourth-order valence-corrected chi connectivity index (χ4v) is 1.95. The van der Waals surface area contributed by atoms with E-state index < -0.39 is 0 Å². The van der Waals surface area contributed by atoms with Crippen LogP contribution in [0.25, 0.3) is 0 Å². The van der Waals surface area contributed by atoms with Crippen molar-refractivity contribution >= 4 is 17.3 Å². The standard InChI is InChI=1S/C8H16N2OS/c9-8(12)10-7-4-2-1-3-6(7)5-11/h6-7,11H,1-5H2,(H3,9,10,12)/t6-,7+/m0/s1. The second-order valence-electron chi connectivity index (χ2n) is 3.34. The van der Waals surface area contributed by atoms with Crippen molar-refractivity contribution in [3.05, 3.63) is 0 Å². The molecule has 4 N–H and O–H groups in total. The van der Waals surface area contributed by atoms with E-state index in [2.05, 4.69) is 5.32 Å². The molecule has 0 aliphatic heterocycles. The SMILES string of the molecule is NC(=S)N[C@@H]1CCCC[C@H]1CO. The quantitative estimate of drug-likeness (QED) is 0.548. The molecule has 0 unspecified atom stereocenters. The highest BCUT2D eigenvalue weighted by molar-refractivity contribution is 7.80. The van der Waals surface area contributed by atoms with E-state index in [0.29, 0.717) is 17.1 Å². The number of hydrogen-bond acceptors (Lipinski definition) is 2. The van der Waals surface area contributed by atoms with Crippen LogP contribution in [0.4, 0.5) is 0 Å².